The molecule has 0 rings (SSSR count). The SMILES string of the molecule is CC(C#N)(OOB(O)O)C(C#N)C#N. The Hall–Kier alpha value is -1.63. The fourth-order valence-electron chi connectivity index (χ4n) is 0.549. The number of hydrogen-bond acceptors (Lipinski definition) is 7. The zero-order valence-electron chi connectivity index (χ0n) is 7.21. The van der Waals surface area contributed by atoms with Crippen LogP contribution in [0.4, 0.5) is 0 Å². The molecule has 0 aromatic heterocycles. The second-order valence-electron chi connectivity index (χ2n) is 2.42. The van der Waals surface area contributed by atoms with Crippen LogP contribution < -0.4 is 0 Å². The summed E-state index contributed by atoms with van der Waals surface area (Å²) >= 11 is 0. The average Bonchev–Trinajstić information content (AvgIpc) is 2.16. The summed E-state index contributed by atoms with van der Waals surface area (Å²) in [4.78, 5) is 8.15. The third-order valence-electron chi connectivity index (χ3n) is 1.34. The lowest BCUT2D eigenvalue weighted by Gasteiger charge is -2.20. The molecule has 0 bridgehead atoms. The van der Waals surface area contributed by atoms with Crippen molar-refractivity contribution < 1.29 is 19.7 Å². The van der Waals surface area contributed by atoms with Crippen LogP contribution in [-0.4, -0.2) is 23.0 Å². The predicted molar refractivity (Wildman–Crippen MR) is 41.1 cm³/mol. The Morgan fingerprint density at radius 3 is 2.07 bits per heavy atom. The molecule has 8 heteroatoms. The monoisotopic (exact) mass is 195 g/mol. The van der Waals surface area contributed by atoms with E-state index in [-0.39, 0.29) is 0 Å². The van der Waals surface area contributed by atoms with Gasteiger partial charge in [0.2, 0.25) is 5.60 Å². The summed E-state index contributed by atoms with van der Waals surface area (Å²) in [6.07, 6.45) is 0. The van der Waals surface area contributed by atoms with Gasteiger partial charge in [0.15, 0.2) is 5.92 Å². The van der Waals surface area contributed by atoms with Crippen molar-refractivity contribution in [2.75, 3.05) is 0 Å². The Labute approximate surface area is 80.4 Å². The fraction of sp³-hybridized carbons (Fsp3) is 0.500. The Morgan fingerprint density at radius 2 is 1.79 bits per heavy atom. The highest BCUT2D eigenvalue weighted by Crippen LogP contribution is 2.20. The Kier molecular flexibility index (Phi) is 4.58. The number of nitrogens with zero attached hydrogens (tertiary/aromatic N) is 3. The summed E-state index contributed by atoms with van der Waals surface area (Å²) in [5, 5.41) is 42.1. The van der Waals surface area contributed by atoms with Crippen molar-refractivity contribution in [1.82, 2.24) is 0 Å². The highest BCUT2D eigenvalue weighted by molar-refractivity contribution is 6.32. The molecule has 72 valence electrons. The summed E-state index contributed by atoms with van der Waals surface area (Å²) < 4.78 is 0. The first-order valence-electron chi connectivity index (χ1n) is 3.41. The van der Waals surface area contributed by atoms with Crippen LogP contribution in [0.1, 0.15) is 6.92 Å². The molecule has 1 atom stereocenters. The van der Waals surface area contributed by atoms with Crippen molar-refractivity contribution >= 4 is 7.32 Å². The van der Waals surface area contributed by atoms with E-state index >= 15 is 0 Å². The van der Waals surface area contributed by atoms with E-state index in [1.807, 2.05) is 0 Å². The molecule has 0 aromatic rings. The van der Waals surface area contributed by atoms with E-state index in [1.54, 1.807) is 0 Å². The lowest BCUT2D eigenvalue weighted by atomic mass is 9.93. The van der Waals surface area contributed by atoms with Crippen molar-refractivity contribution in [2.45, 2.75) is 12.5 Å². The number of rotatable bonds is 4. The Morgan fingerprint density at radius 1 is 1.29 bits per heavy atom. The predicted octanol–water partition coefficient (Wildman–Crippen LogP) is -1.15. The van der Waals surface area contributed by atoms with E-state index in [2.05, 4.69) is 9.69 Å². The second-order valence-corrected chi connectivity index (χ2v) is 2.42. The van der Waals surface area contributed by atoms with Crippen LogP contribution in [0, 0.1) is 39.9 Å². The van der Waals surface area contributed by atoms with Gasteiger partial charge in [0.25, 0.3) is 0 Å². The largest absolute Gasteiger partial charge is 0.662 e. The summed E-state index contributed by atoms with van der Waals surface area (Å²) in [7, 11) is -2.24. The molecule has 0 saturated heterocycles. The Bertz CT molecular complexity index is 301. The molecule has 0 heterocycles. The van der Waals surface area contributed by atoms with E-state index in [9.17, 15) is 0 Å². The first kappa shape index (κ1) is 12.4. The van der Waals surface area contributed by atoms with Gasteiger partial charge in [-0.2, -0.15) is 15.8 Å². The quantitative estimate of drug-likeness (QED) is 0.328. The fourth-order valence-corrected chi connectivity index (χ4v) is 0.549. The van der Waals surface area contributed by atoms with Gasteiger partial charge < -0.3 is 10.0 Å². The summed E-state index contributed by atoms with van der Waals surface area (Å²) in [6, 6.07) is 4.55. The minimum atomic E-state index is -2.24. The highest BCUT2D eigenvalue weighted by Gasteiger charge is 2.39. The van der Waals surface area contributed by atoms with E-state index in [0.29, 0.717) is 0 Å². The van der Waals surface area contributed by atoms with Gasteiger partial charge in [-0.25, -0.2) is 9.69 Å². The number of nitriles is 3. The van der Waals surface area contributed by atoms with Crippen LogP contribution in [0.5, 0.6) is 0 Å². The van der Waals surface area contributed by atoms with Crippen LogP contribution in [0.2, 0.25) is 0 Å². The molecule has 0 fully saturated rings. The molecule has 1 unspecified atom stereocenters. The molecule has 0 aromatic carbocycles. The molecule has 0 aliphatic carbocycles. The smallest absolute Gasteiger partial charge is 0.400 e. The molecule has 0 saturated carbocycles. The van der Waals surface area contributed by atoms with Crippen LogP contribution in [0.25, 0.3) is 0 Å². The lowest BCUT2D eigenvalue weighted by Crippen LogP contribution is -2.37. The molecular formula is C6H6BN3O4. The van der Waals surface area contributed by atoms with Gasteiger partial charge in [-0.05, 0) is 6.92 Å². The van der Waals surface area contributed by atoms with Gasteiger partial charge in [-0.15, -0.1) is 0 Å². The molecule has 14 heavy (non-hydrogen) atoms. The average molecular weight is 195 g/mol. The lowest BCUT2D eigenvalue weighted by molar-refractivity contribution is -0.294. The maximum absolute atomic E-state index is 8.61. The topological polar surface area (TPSA) is 130 Å². The first-order valence-corrected chi connectivity index (χ1v) is 3.41. The van der Waals surface area contributed by atoms with Gasteiger partial charge in [-0.1, -0.05) is 0 Å². The van der Waals surface area contributed by atoms with E-state index in [4.69, 9.17) is 25.8 Å². The van der Waals surface area contributed by atoms with Gasteiger partial charge in [0.05, 0.1) is 12.1 Å². The zero-order valence-corrected chi connectivity index (χ0v) is 7.21. The molecule has 0 amide bonds. The number of hydrogen-bond donors (Lipinski definition) is 2. The minimum Gasteiger partial charge on any atom is -0.400 e. The van der Waals surface area contributed by atoms with Crippen molar-refractivity contribution in [3.05, 3.63) is 0 Å². The summed E-state index contributed by atoms with van der Waals surface area (Å²) in [6.45, 7) is 1.12. The Balaban J connectivity index is 4.59. The van der Waals surface area contributed by atoms with Gasteiger partial charge in [0, 0.05) is 0 Å². The zero-order chi connectivity index (χ0) is 11.2. The molecule has 2 N–H and O–H groups in total. The van der Waals surface area contributed by atoms with Gasteiger partial charge in [0.1, 0.15) is 6.07 Å². The normalized spacial score (nSPS) is 13.5. The summed E-state index contributed by atoms with van der Waals surface area (Å²) in [5.41, 5.74) is -1.87. The highest BCUT2D eigenvalue weighted by atomic mass is 17.2. The van der Waals surface area contributed by atoms with E-state index in [1.165, 1.54) is 18.2 Å². The van der Waals surface area contributed by atoms with Crippen LogP contribution in [0.15, 0.2) is 0 Å². The summed E-state index contributed by atoms with van der Waals surface area (Å²) in [5.74, 6) is -1.40. The third kappa shape index (κ3) is 3.02. The molecule has 0 radical (unpaired) electrons. The van der Waals surface area contributed by atoms with Gasteiger partial charge in [-0.3, -0.25) is 0 Å². The van der Waals surface area contributed by atoms with Crippen LogP contribution in [-0.2, 0) is 9.69 Å². The molecule has 0 aliphatic heterocycles. The second kappa shape index (κ2) is 5.18. The van der Waals surface area contributed by atoms with E-state index < -0.39 is 18.8 Å². The molecule has 7 nitrogen and oxygen atoms in total. The maximum Gasteiger partial charge on any atom is 0.662 e. The van der Waals surface area contributed by atoms with Crippen molar-refractivity contribution in [3.63, 3.8) is 0 Å². The maximum atomic E-state index is 8.61. The van der Waals surface area contributed by atoms with Crippen molar-refractivity contribution in [1.29, 1.82) is 15.8 Å². The first-order chi connectivity index (χ1) is 6.50. The van der Waals surface area contributed by atoms with Crippen LogP contribution in [0.3, 0.4) is 0 Å². The molecular weight excluding hydrogens is 189 g/mol. The van der Waals surface area contributed by atoms with Crippen molar-refractivity contribution in [2.24, 2.45) is 5.92 Å². The molecule has 0 aliphatic rings. The standard InChI is InChI=1S/C6H6BN3O4/c1-6(4-10,5(2-8)3-9)13-14-7(11)12/h5,11-12H,1H3. The van der Waals surface area contributed by atoms with Gasteiger partial charge >= 0.3 is 7.32 Å². The minimum absolute atomic E-state index is 1.12. The van der Waals surface area contributed by atoms with E-state index in [0.717, 1.165) is 6.92 Å². The molecule has 0 spiro atoms. The van der Waals surface area contributed by atoms with Crippen molar-refractivity contribution in [3.8, 4) is 18.2 Å². The third-order valence-corrected chi connectivity index (χ3v) is 1.34. The van der Waals surface area contributed by atoms with Crippen LogP contribution >= 0.6 is 0 Å².